The van der Waals surface area contributed by atoms with Crippen LogP contribution < -0.4 is 5.73 Å². The van der Waals surface area contributed by atoms with Gasteiger partial charge >= 0.3 is 6.18 Å². The van der Waals surface area contributed by atoms with Crippen molar-refractivity contribution in [1.82, 2.24) is 9.78 Å². The highest BCUT2D eigenvalue weighted by Gasteiger charge is 2.45. The SMILES string of the molecule is CC12Cc3cnn(-c4ccc(F)cc4)c3C=C1CCC2O.CCc1cccc(F)c1[C@H](N)C(F)(F)F. The van der Waals surface area contributed by atoms with Gasteiger partial charge in [-0.1, -0.05) is 31.6 Å². The lowest BCUT2D eigenvalue weighted by Crippen LogP contribution is -2.32. The molecule has 3 atom stereocenters. The molecule has 1 saturated carbocycles. The summed E-state index contributed by atoms with van der Waals surface area (Å²) in [6.07, 6.45) is 2.03. The van der Waals surface area contributed by atoms with E-state index in [1.807, 2.05) is 10.9 Å². The average molecular weight is 506 g/mol. The lowest BCUT2D eigenvalue weighted by atomic mass is 9.74. The molecule has 2 aliphatic rings. The van der Waals surface area contributed by atoms with Gasteiger partial charge in [0.1, 0.15) is 17.7 Å². The van der Waals surface area contributed by atoms with Gasteiger partial charge in [0, 0.05) is 11.0 Å². The summed E-state index contributed by atoms with van der Waals surface area (Å²) < 4.78 is 65.2. The Balaban J connectivity index is 0.000000181. The number of hydrogen-bond acceptors (Lipinski definition) is 3. The third-order valence-electron chi connectivity index (χ3n) is 7.17. The number of hydrogen-bond donors (Lipinski definition) is 2. The first-order valence-corrected chi connectivity index (χ1v) is 11.8. The molecule has 0 saturated heterocycles. The molecule has 0 aliphatic heterocycles. The number of halogens is 5. The second-order valence-corrected chi connectivity index (χ2v) is 9.45. The Morgan fingerprint density at radius 1 is 1.17 bits per heavy atom. The summed E-state index contributed by atoms with van der Waals surface area (Å²) in [5.74, 6) is -1.15. The molecule has 0 amide bonds. The predicted octanol–water partition coefficient (Wildman–Crippen LogP) is 6.06. The molecule has 192 valence electrons. The third kappa shape index (κ3) is 4.82. The number of alkyl halides is 3. The second-order valence-electron chi connectivity index (χ2n) is 9.45. The molecule has 9 heteroatoms. The largest absolute Gasteiger partial charge is 0.407 e. The molecule has 36 heavy (non-hydrogen) atoms. The molecule has 0 radical (unpaired) electrons. The van der Waals surface area contributed by atoms with Gasteiger partial charge in [0.15, 0.2) is 0 Å². The summed E-state index contributed by atoms with van der Waals surface area (Å²) in [6, 6.07) is 7.92. The van der Waals surface area contributed by atoms with Crippen molar-refractivity contribution in [3.05, 3.63) is 88.3 Å². The molecule has 1 aromatic heterocycles. The summed E-state index contributed by atoms with van der Waals surface area (Å²) >= 11 is 0. The lowest BCUT2D eigenvalue weighted by molar-refractivity contribution is -0.149. The normalized spacial score (nSPS) is 21.7. The number of nitrogens with zero attached hydrogens (tertiary/aromatic N) is 2. The van der Waals surface area contributed by atoms with E-state index in [9.17, 15) is 27.1 Å². The van der Waals surface area contributed by atoms with Crippen molar-refractivity contribution in [1.29, 1.82) is 0 Å². The quantitative estimate of drug-likeness (QED) is 0.425. The van der Waals surface area contributed by atoms with Gasteiger partial charge in [-0.3, -0.25) is 0 Å². The Morgan fingerprint density at radius 2 is 1.86 bits per heavy atom. The van der Waals surface area contributed by atoms with Crippen molar-refractivity contribution in [3.63, 3.8) is 0 Å². The molecule has 0 spiro atoms. The number of benzene rings is 2. The number of fused-ring (bicyclic) bond motifs is 2. The molecule has 3 aromatic rings. The van der Waals surface area contributed by atoms with Gasteiger partial charge in [0.25, 0.3) is 0 Å². The number of nitrogens with two attached hydrogens (primary N) is 1. The van der Waals surface area contributed by atoms with E-state index in [1.165, 1.54) is 29.8 Å². The summed E-state index contributed by atoms with van der Waals surface area (Å²) in [5, 5.41) is 14.7. The molecular formula is C27H28F5N3O. The maximum absolute atomic E-state index is 13.2. The van der Waals surface area contributed by atoms with Gasteiger partial charge < -0.3 is 10.8 Å². The molecule has 4 nitrogen and oxygen atoms in total. The maximum atomic E-state index is 13.2. The lowest BCUT2D eigenvalue weighted by Gasteiger charge is -2.33. The van der Waals surface area contributed by atoms with Crippen LogP contribution in [0, 0.1) is 17.0 Å². The summed E-state index contributed by atoms with van der Waals surface area (Å²) in [5.41, 5.74) is 9.03. The topological polar surface area (TPSA) is 64.1 Å². The van der Waals surface area contributed by atoms with Crippen LogP contribution in [0.5, 0.6) is 0 Å². The van der Waals surface area contributed by atoms with E-state index < -0.39 is 23.6 Å². The van der Waals surface area contributed by atoms with E-state index >= 15 is 0 Å². The second kappa shape index (κ2) is 9.78. The number of aliphatic hydroxyl groups is 1. The van der Waals surface area contributed by atoms with Crippen molar-refractivity contribution in [3.8, 4) is 5.69 Å². The fourth-order valence-electron chi connectivity index (χ4n) is 5.01. The van der Waals surface area contributed by atoms with Crippen LogP contribution in [0.25, 0.3) is 11.8 Å². The zero-order valence-corrected chi connectivity index (χ0v) is 20.0. The smallest absolute Gasteiger partial charge is 0.392 e. The van der Waals surface area contributed by atoms with Gasteiger partial charge in [0.2, 0.25) is 0 Å². The molecule has 2 aromatic carbocycles. The standard InChI is InChI=1S/C17H17FN2O.C10H11F4N/c1-17-9-11-10-19-20(14-5-3-13(18)4-6-14)15(11)8-12(17)2-7-16(17)21;1-2-6-4-3-5-7(11)8(6)9(15)10(12,13)14/h3-6,8,10,16,21H,2,7,9H2,1H3;3-5,9H,2,15H2,1H3/t;9-/m.0/s1. The number of aromatic nitrogens is 2. The van der Waals surface area contributed by atoms with Crippen LogP contribution in [-0.4, -0.2) is 27.2 Å². The zero-order valence-electron chi connectivity index (χ0n) is 20.0. The Labute approximate surface area is 206 Å². The summed E-state index contributed by atoms with van der Waals surface area (Å²) in [4.78, 5) is 0. The Hall–Kier alpha value is -3.04. The van der Waals surface area contributed by atoms with Crippen molar-refractivity contribution < 1.29 is 27.1 Å². The van der Waals surface area contributed by atoms with Gasteiger partial charge in [-0.25, -0.2) is 13.5 Å². The molecule has 5 rings (SSSR count). The first kappa shape index (κ1) is 26.0. The Morgan fingerprint density at radius 3 is 2.50 bits per heavy atom. The van der Waals surface area contributed by atoms with Gasteiger partial charge in [0.05, 0.1) is 23.7 Å². The molecule has 0 bridgehead atoms. The molecule has 1 fully saturated rings. The Bertz CT molecular complexity index is 1270. The minimum Gasteiger partial charge on any atom is -0.392 e. The minimum atomic E-state index is -4.62. The van der Waals surface area contributed by atoms with Crippen LogP contribution in [0.2, 0.25) is 0 Å². The van der Waals surface area contributed by atoms with Crippen LogP contribution in [0.3, 0.4) is 0 Å². The van der Waals surface area contributed by atoms with E-state index in [1.54, 1.807) is 19.1 Å². The molecule has 1 heterocycles. The fraction of sp³-hybridized carbons (Fsp3) is 0.370. The van der Waals surface area contributed by atoms with E-state index in [2.05, 4.69) is 18.1 Å². The highest BCUT2D eigenvalue weighted by atomic mass is 19.4. The number of aliphatic hydroxyl groups excluding tert-OH is 1. The van der Waals surface area contributed by atoms with Crippen LogP contribution in [0.1, 0.15) is 55.1 Å². The van der Waals surface area contributed by atoms with E-state index in [4.69, 9.17) is 5.73 Å². The van der Waals surface area contributed by atoms with Crippen molar-refractivity contribution >= 4 is 6.08 Å². The van der Waals surface area contributed by atoms with Crippen LogP contribution in [-0.2, 0) is 12.8 Å². The van der Waals surface area contributed by atoms with Gasteiger partial charge in [-0.05, 0) is 73.2 Å². The number of rotatable bonds is 3. The zero-order chi connectivity index (χ0) is 26.3. The first-order chi connectivity index (χ1) is 17.0. The highest BCUT2D eigenvalue weighted by molar-refractivity contribution is 5.62. The minimum absolute atomic E-state index is 0.149. The average Bonchev–Trinajstić information content (AvgIpc) is 3.36. The van der Waals surface area contributed by atoms with Gasteiger partial charge in [-0.2, -0.15) is 18.3 Å². The Kier molecular flexibility index (Phi) is 7.07. The third-order valence-corrected chi connectivity index (χ3v) is 7.17. The number of aryl methyl sites for hydroxylation is 1. The molecular weight excluding hydrogens is 477 g/mol. The van der Waals surface area contributed by atoms with Crippen molar-refractivity contribution in [2.75, 3.05) is 0 Å². The van der Waals surface area contributed by atoms with E-state index in [-0.39, 0.29) is 17.3 Å². The van der Waals surface area contributed by atoms with Crippen LogP contribution in [0.4, 0.5) is 22.0 Å². The van der Waals surface area contributed by atoms with Gasteiger partial charge in [-0.15, -0.1) is 0 Å². The van der Waals surface area contributed by atoms with Crippen molar-refractivity contribution in [2.45, 2.75) is 57.9 Å². The maximum Gasteiger partial charge on any atom is 0.407 e. The monoisotopic (exact) mass is 505 g/mol. The van der Waals surface area contributed by atoms with Crippen LogP contribution >= 0.6 is 0 Å². The fourth-order valence-corrected chi connectivity index (χ4v) is 5.01. The summed E-state index contributed by atoms with van der Waals surface area (Å²) in [6.45, 7) is 3.79. The molecule has 2 unspecified atom stereocenters. The van der Waals surface area contributed by atoms with E-state index in [0.717, 1.165) is 42.3 Å². The van der Waals surface area contributed by atoms with Crippen molar-refractivity contribution in [2.24, 2.45) is 11.1 Å². The molecule has 3 N–H and O–H groups in total. The summed E-state index contributed by atoms with van der Waals surface area (Å²) in [7, 11) is 0. The highest BCUT2D eigenvalue weighted by Crippen LogP contribution is 2.49. The predicted molar refractivity (Wildman–Crippen MR) is 127 cm³/mol. The van der Waals surface area contributed by atoms with E-state index in [0.29, 0.717) is 12.0 Å². The molecule has 2 aliphatic carbocycles. The van der Waals surface area contributed by atoms with Crippen LogP contribution in [0.15, 0.2) is 54.2 Å². The first-order valence-electron chi connectivity index (χ1n) is 11.8.